The van der Waals surface area contributed by atoms with Crippen LogP contribution in [0.4, 0.5) is 0 Å². The van der Waals surface area contributed by atoms with Crippen LogP contribution in [0.5, 0.6) is 11.5 Å². The van der Waals surface area contributed by atoms with E-state index in [9.17, 15) is 4.79 Å². The Hall–Kier alpha value is -1.75. The van der Waals surface area contributed by atoms with E-state index in [2.05, 4.69) is 0 Å². The lowest BCUT2D eigenvalue weighted by atomic mass is 9.84. The Morgan fingerprint density at radius 3 is 2.38 bits per heavy atom. The second kappa shape index (κ2) is 7.31. The minimum absolute atomic E-state index is 0.235. The van der Waals surface area contributed by atoms with Gasteiger partial charge in [0.2, 0.25) is 0 Å². The van der Waals surface area contributed by atoms with Gasteiger partial charge in [-0.15, -0.1) is 0 Å². The number of nitrogens with two attached hydrogens (primary N) is 1. The number of benzene rings is 1. The van der Waals surface area contributed by atoms with Gasteiger partial charge in [0.1, 0.15) is 0 Å². The number of rotatable bonds is 7. The van der Waals surface area contributed by atoms with E-state index >= 15 is 0 Å². The zero-order valence-electron chi connectivity index (χ0n) is 13.4. The first kappa shape index (κ1) is 17.3. The third-order valence-corrected chi connectivity index (χ3v) is 3.39. The van der Waals surface area contributed by atoms with Gasteiger partial charge in [0.15, 0.2) is 11.5 Å². The molecule has 0 heterocycles. The van der Waals surface area contributed by atoms with Crippen molar-refractivity contribution in [3.05, 3.63) is 23.8 Å². The Bertz CT molecular complexity index is 485. The van der Waals surface area contributed by atoms with Gasteiger partial charge in [0.25, 0.3) is 0 Å². The summed E-state index contributed by atoms with van der Waals surface area (Å²) < 4.78 is 15.6. The SMILES string of the molecule is CCOC(=O)C(C)(C)CC(N)c1ccc(OC)c(OC)c1. The summed E-state index contributed by atoms with van der Waals surface area (Å²) >= 11 is 0. The molecule has 0 amide bonds. The first-order chi connectivity index (χ1) is 9.85. The van der Waals surface area contributed by atoms with Gasteiger partial charge in [-0.1, -0.05) is 6.07 Å². The summed E-state index contributed by atoms with van der Waals surface area (Å²) in [7, 11) is 3.16. The van der Waals surface area contributed by atoms with Crippen LogP contribution in [0.3, 0.4) is 0 Å². The number of hydrogen-bond acceptors (Lipinski definition) is 5. The fourth-order valence-corrected chi connectivity index (χ4v) is 2.16. The maximum Gasteiger partial charge on any atom is 0.311 e. The smallest absolute Gasteiger partial charge is 0.311 e. The molecule has 0 fully saturated rings. The van der Waals surface area contributed by atoms with Gasteiger partial charge < -0.3 is 19.9 Å². The van der Waals surface area contributed by atoms with Gasteiger partial charge in [0, 0.05) is 6.04 Å². The fourth-order valence-electron chi connectivity index (χ4n) is 2.16. The number of carbonyl (C=O) groups excluding carboxylic acids is 1. The van der Waals surface area contributed by atoms with E-state index in [0.29, 0.717) is 24.5 Å². The largest absolute Gasteiger partial charge is 0.493 e. The second-order valence-electron chi connectivity index (χ2n) is 5.53. The van der Waals surface area contributed by atoms with E-state index in [1.54, 1.807) is 21.1 Å². The van der Waals surface area contributed by atoms with Crippen LogP contribution >= 0.6 is 0 Å². The molecule has 5 nitrogen and oxygen atoms in total. The van der Waals surface area contributed by atoms with Crippen molar-refractivity contribution in [2.75, 3.05) is 20.8 Å². The normalized spacial score (nSPS) is 12.7. The van der Waals surface area contributed by atoms with Gasteiger partial charge in [-0.2, -0.15) is 0 Å². The van der Waals surface area contributed by atoms with Crippen LogP contribution in [0.15, 0.2) is 18.2 Å². The molecule has 0 aliphatic rings. The molecule has 0 saturated carbocycles. The number of hydrogen-bond donors (Lipinski definition) is 1. The lowest BCUT2D eigenvalue weighted by molar-refractivity contribution is -0.154. The lowest BCUT2D eigenvalue weighted by Crippen LogP contribution is -2.31. The summed E-state index contributed by atoms with van der Waals surface area (Å²) in [5.41, 5.74) is 6.48. The number of methoxy groups -OCH3 is 2. The van der Waals surface area contributed by atoms with Gasteiger partial charge in [-0.05, 0) is 44.9 Å². The maximum atomic E-state index is 11.9. The Kier molecular flexibility index (Phi) is 6.03. The fraction of sp³-hybridized carbons (Fsp3) is 0.562. The van der Waals surface area contributed by atoms with Crippen molar-refractivity contribution >= 4 is 5.97 Å². The average molecular weight is 295 g/mol. The van der Waals surface area contributed by atoms with E-state index < -0.39 is 5.41 Å². The Morgan fingerprint density at radius 2 is 1.86 bits per heavy atom. The Labute approximate surface area is 126 Å². The maximum absolute atomic E-state index is 11.9. The number of ether oxygens (including phenoxy) is 3. The van der Waals surface area contributed by atoms with E-state index in [1.165, 1.54) is 0 Å². The molecule has 1 aromatic rings. The van der Waals surface area contributed by atoms with Crippen molar-refractivity contribution < 1.29 is 19.0 Å². The average Bonchev–Trinajstić information content (AvgIpc) is 2.46. The molecular formula is C16H25NO4. The topological polar surface area (TPSA) is 70.8 Å². The zero-order valence-corrected chi connectivity index (χ0v) is 13.4. The molecule has 1 aromatic carbocycles. The van der Waals surface area contributed by atoms with Crippen LogP contribution in [-0.2, 0) is 9.53 Å². The zero-order chi connectivity index (χ0) is 16.0. The summed E-state index contributed by atoms with van der Waals surface area (Å²) in [5.74, 6) is 1.04. The minimum Gasteiger partial charge on any atom is -0.493 e. The first-order valence-electron chi connectivity index (χ1n) is 7.00. The summed E-state index contributed by atoms with van der Waals surface area (Å²) in [4.78, 5) is 11.9. The lowest BCUT2D eigenvalue weighted by Gasteiger charge is -2.26. The molecule has 0 saturated heterocycles. The van der Waals surface area contributed by atoms with Crippen LogP contribution in [0.25, 0.3) is 0 Å². The molecule has 0 aliphatic carbocycles. The van der Waals surface area contributed by atoms with Gasteiger partial charge in [0.05, 0.1) is 26.2 Å². The van der Waals surface area contributed by atoms with Gasteiger partial charge >= 0.3 is 5.97 Å². The van der Waals surface area contributed by atoms with Crippen molar-refractivity contribution in [2.45, 2.75) is 33.2 Å². The van der Waals surface area contributed by atoms with Crippen LogP contribution in [0.1, 0.15) is 38.8 Å². The summed E-state index contributed by atoms with van der Waals surface area (Å²) in [5, 5.41) is 0. The molecule has 2 N–H and O–H groups in total. The highest BCUT2D eigenvalue weighted by atomic mass is 16.5. The Morgan fingerprint density at radius 1 is 1.24 bits per heavy atom. The predicted octanol–water partition coefficient (Wildman–Crippen LogP) is 2.68. The monoisotopic (exact) mass is 295 g/mol. The molecule has 5 heteroatoms. The highest BCUT2D eigenvalue weighted by Gasteiger charge is 2.31. The third kappa shape index (κ3) is 4.36. The standard InChI is InChI=1S/C16H25NO4/c1-6-21-15(18)16(2,3)10-12(17)11-7-8-13(19-4)14(9-11)20-5/h7-9,12H,6,10,17H2,1-5H3. The molecule has 0 bridgehead atoms. The molecule has 1 unspecified atom stereocenters. The summed E-state index contributed by atoms with van der Waals surface area (Å²) in [6.45, 7) is 5.84. The second-order valence-corrected chi connectivity index (χ2v) is 5.53. The molecule has 0 aromatic heterocycles. The molecule has 0 radical (unpaired) electrons. The van der Waals surface area contributed by atoms with E-state index in [0.717, 1.165) is 5.56 Å². The summed E-state index contributed by atoms with van der Waals surface area (Å²) in [6, 6.07) is 5.24. The Balaban J connectivity index is 2.88. The van der Waals surface area contributed by atoms with Crippen LogP contribution < -0.4 is 15.2 Å². The molecule has 0 aliphatic heterocycles. The van der Waals surface area contributed by atoms with Gasteiger partial charge in [-0.3, -0.25) is 4.79 Å². The van der Waals surface area contributed by atoms with Crippen molar-refractivity contribution in [3.8, 4) is 11.5 Å². The number of esters is 1. The predicted molar refractivity (Wildman–Crippen MR) is 81.5 cm³/mol. The highest BCUT2D eigenvalue weighted by molar-refractivity contribution is 5.76. The molecule has 1 rings (SSSR count). The van der Waals surface area contributed by atoms with Crippen LogP contribution in [0, 0.1) is 5.41 Å². The molecule has 21 heavy (non-hydrogen) atoms. The highest BCUT2D eigenvalue weighted by Crippen LogP contribution is 2.34. The van der Waals surface area contributed by atoms with Crippen molar-refractivity contribution in [1.82, 2.24) is 0 Å². The molecular weight excluding hydrogens is 270 g/mol. The summed E-state index contributed by atoms with van der Waals surface area (Å²) in [6.07, 6.45) is 0.487. The van der Waals surface area contributed by atoms with Crippen LogP contribution in [0.2, 0.25) is 0 Å². The van der Waals surface area contributed by atoms with E-state index in [1.807, 2.05) is 32.0 Å². The number of carbonyl (C=O) groups is 1. The minimum atomic E-state index is -0.636. The van der Waals surface area contributed by atoms with Crippen molar-refractivity contribution in [2.24, 2.45) is 11.1 Å². The molecule has 118 valence electrons. The van der Waals surface area contributed by atoms with Gasteiger partial charge in [-0.25, -0.2) is 0 Å². The van der Waals surface area contributed by atoms with Crippen LogP contribution in [-0.4, -0.2) is 26.8 Å². The molecule has 0 spiro atoms. The third-order valence-electron chi connectivity index (χ3n) is 3.39. The van der Waals surface area contributed by atoms with Crippen molar-refractivity contribution in [1.29, 1.82) is 0 Å². The van der Waals surface area contributed by atoms with Crippen molar-refractivity contribution in [3.63, 3.8) is 0 Å². The first-order valence-corrected chi connectivity index (χ1v) is 7.00. The quantitative estimate of drug-likeness (QED) is 0.783. The van der Waals surface area contributed by atoms with E-state index in [4.69, 9.17) is 19.9 Å². The molecule has 1 atom stereocenters. The van der Waals surface area contributed by atoms with E-state index in [-0.39, 0.29) is 12.0 Å².